The van der Waals surface area contributed by atoms with Crippen LogP contribution in [0.25, 0.3) is 0 Å². The van der Waals surface area contributed by atoms with Gasteiger partial charge < -0.3 is 14.6 Å². The predicted molar refractivity (Wildman–Crippen MR) is 59.1 cm³/mol. The number of hydrogen-bond donors (Lipinski definition) is 1. The summed E-state index contributed by atoms with van der Waals surface area (Å²) < 4.78 is 6.93. The maximum atomic E-state index is 4.98. The van der Waals surface area contributed by atoms with Crippen LogP contribution in [0.3, 0.4) is 0 Å². The van der Waals surface area contributed by atoms with E-state index >= 15 is 0 Å². The van der Waals surface area contributed by atoms with Crippen molar-refractivity contribution in [2.24, 2.45) is 7.05 Å². The van der Waals surface area contributed by atoms with E-state index < -0.39 is 0 Å². The first-order valence-electron chi connectivity index (χ1n) is 4.85. The topological polar surface area (TPSA) is 64.9 Å². The number of imidazole rings is 1. The van der Waals surface area contributed by atoms with Crippen molar-refractivity contribution in [2.45, 2.75) is 6.54 Å². The normalized spacial score (nSPS) is 10.1. The Labute approximate surface area is 93.3 Å². The van der Waals surface area contributed by atoms with Crippen LogP contribution in [0.15, 0.2) is 24.8 Å². The molecule has 0 bridgehead atoms. The summed E-state index contributed by atoms with van der Waals surface area (Å²) in [4.78, 5) is 12.4. The Morgan fingerprint density at radius 1 is 1.44 bits per heavy atom. The molecule has 0 saturated carbocycles. The zero-order chi connectivity index (χ0) is 11.4. The first-order valence-corrected chi connectivity index (χ1v) is 4.85. The summed E-state index contributed by atoms with van der Waals surface area (Å²) in [5, 5.41) is 3.13. The molecular weight excluding hydrogens is 206 g/mol. The number of rotatable bonds is 4. The highest BCUT2D eigenvalue weighted by Gasteiger charge is 2.01. The van der Waals surface area contributed by atoms with Gasteiger partial charge in [0.2, 0.25) is 5.88 Å². The van der Waals surface area contributed by atoms with Gasteiger partial charge in [-0.1, -0.05) is 0 Å². The number of aryl methyl sites for hydroxylation is 1. The predicted octanol–water partition coefficient (Wildman–Crippen LogP) is 0.831. The standard InChI is InChI=1S/C10H13N5O/c1-15-4-3-12-9(15)6-13-8-5-11-7-10(14-8)16-2/h3-5,7H,6H2,1-2H3,(H,13,14). The molecule has 0 aromatic carbocycles. The van der Waals surface area contributed by atoms with E-state index in [1.54, 1.807) is 25.7 Å². The Morgan fingerprint density at radius 2 is 2.31 bits per heavy atom. The van der Waals surface area contributed by atoms with E-state index in [1.165, 1.54) is 0 Å². The van der Waals surface area contributed by atoms with E-state index in [-0.39, 0.29) is 0 Å². The zero-order valence-electron chi connectivity index (χ0n) is 9.21. The van der Waals surface area contributed by atoms with Crippen LogP contribution < -0.4 is 10.1 Å². The quantitative estimate of drug-likeness (QED) is 0.825. The van der Waals surface area contributed by atoms with Gasteiger partial charge >= 0.3 is 0 Å². The van der Waals surface area contributed by atoms with Crippen molar-refractivity contribution in [3.63, 3.8) is 0 Å². The first kappa shape index (κ1) is 10.4. The van der Waals surface area contributed by atoms with E-state index in [0.717, 1.165) is 5.82 Å². The molecule has 16 heavy (non-hydrogen) atoms. The van der Waals surface area contributed by atoms with Gasteiger partial charge in [-0.15, -0.1) is 0 Å². The lowest BCUT2D eigenvalue weighted by Crippen LogP contribution is -2.07. The molecule has 0 spiro atoms. The molecule has 0 aliphatic heterocycles. The molecule has 6 nitrogen and oxygen atoms in total. The van der Waals surface area contributed by atoms with Crippen LogP contribution >= 0.6 is 0 Å². The highest BCUT2D eigenvalue weighted by atomic mass is 16.5. The van der Waals surface area contributed by atoms with Gasteiger partial charge in [-0.25, -0.2) is 4.98 Å². The fraction of sp³-hybridized carbons (Fsp3) is 0.300. The van der Waals surface area contributed by atoms with Crippen molar-refractivity contribution in [3.05, 3.63) is 30.6 Å². The largest absolute Gasteiger partial charge is 0.480 e. The lowest BCUT2D eigenvalue weighted by Gasteiger charge is -2.06. The molecule has 0 aliphatic carbocycles. The Kier molecular flexibility index (Phi) is 3.00. The Bertz CT molecular complexity index is 468. The maximum absolute atomic E-state index is 4.98. The smallest absolute Gasteiger partial charge is 0.233 e. The van der Waals surface area contributed by atoms with Gasteiger partial charge in [0.15, 0.2) is 0 Å². The number of ether oxygens (including phenoxy) is 1. The van der Waals surface area contributed by atoms with Crippen molar-refractivity contribution in [1.82, 2.24) is 19.5 Å². The third-order valence-electron chi connectivity index (χ3n) is 2.17. The van der Waals surface area contributed by atoms with Crippen LogP contribution in [0.4, 0.5) is 5.82 Å². The molecule has 2 heterocycles. The van der Waals surface area contributed by atoms with Crippen LogP contribution in [0.1, 0.15) is 5.82 Å². The average Bonchev–Trinajstić information content (AvgIpc) is 2.72. The van der Waals surface area contributed by atoms with Crippen molar-refractivity contribution >= 4 is 5.82 Å². The van der Waals surface area contributed by atoms with Crippen molar-refractivity contribution < 1.29 is 4.74 Å². The van der Waals surface area contributed by atoms with Gasteiger partial charge in [0.25, 0.3) is 0 Å². The summed E-state index contributed by atoms with van der Waals surface area (Å²) in [6, 6.07) is 0. The van der Waals surface area contributed by atoms with E-state index in [9.17, 15) is 0 Å². The van der Waals surface area contributed by atoms with E-state index in [0.29, 0.717) is 18.2 Å². The van der Waals surface area contributed by atoms with Gasteiger partial charge in [-0.2, -0.15) is 4.98 Å². The third kappa shape index (κ3) is 2.28. The lowest BCUT2D eigenvalue weighted by molar-refractivity contribution is 0.396. The van der Waals surface area contributed by atoms with Gasteiger partial charge in [0.05, 0.1) is 26.0 Å². The fourth-order valence-electron chi connectivity index (χ4n) is 1.27. The number of methoxy groups -OCH3 is 1. The Morgan fingerprint density at radius 3 is 3.00 bits per heavy atom. The van der Waals surface area contributed by atoms with Crippen molar-refractivity contribution in [3.8, 4) is 5.88 Å². The molecular formula is C10H13N5O. The molecule has 6 heteroatoms. The highest BCUT2D eigenvalue weighted by molar-refractivity contribution is 5.33. The van der Waals surface area contributed by atoms with E-state index in [4.69, 9.17) is 4.74 Å². The SMILES string of the molecule is COc1cncc(NCc2nccn2C)n1. The zero-order valence-corrected chi connectivity index (χ0v) is 9.21. The highest BCUT2D eigenvalue weighted by Crippen LogP contribution is 2.08. The summed E-state index contributed by atoms with van der Waals surface area (Å²) >= 11 is 0. The number of hydrogen-bond acceptors (Lipinski definition) is 5. The van der Waals surface area contributed by atoms with Crippen molar-refractivity contribution in [2.75, 3.05) is 12.4 Å². The second-order valence-electron chi connectivity index (χ2n) is 3.25. The number of nitrogens with zero attached hydrogens (tertiary/aromatic N) is 4. The summed E-state index contributed by atoms with van der Waals surface area (Å²) in [7, 11) is 3.51. The van der Waals surface area contributed by atoms with Crippen molar-refractivity contribution in [1.29, 1.82) is 0 Å². The number of aromatic nitrogens is 4. The third-order valence-corrected chi connectivity index (χ3v) is 2.17. The molecule has 84 valence electrons. The minimum Gasteiger partial charge on any atom is -0.480 e. The summed E-state index contributed by atoms with van der Waals surface area (Å²) in [5.74, 6) is 2.09. The van der Waals surface area contributed by atoms with Gasteiger partial charge in [-0.05, 0) is 0 Å². The van der Waals surface area contributed by atoms with Crippen LogP contribution in [0, 0.1) is 0 Å². The summed E-state index contributed by atoms with van der Waals surface area (Å²) in [5.41, 5.74) is 0. The molecule has 0 amide bonds. The Balaban J connectivity index is 2.02. The molecule has 0 saturated heterocycles. The molecule has 0 radical (unpaired) electrons. The minimum atomic E-state index is 0.491. The monoisotopic (exact) mass is 219 g/mol. The molecule has 0 unspecified atom stereocenters. The molecule has 2 rings (SSSR count). The molecule has 0 atom stereocenters. The summed E-state index contributed by atoms with van der Waals surface area (Å²) in [6.07, 6.45) is 6.86. The second-order valence-corrected chi connectivity index (χ2v) is 3.25. The lowest BCUT2D eigenvalue weighted by atomic mass is 10.5. The van der Waals surface area contributed by atoms with E-state index in [1.807, 2.05) is 17.8 Å². The maximum Gasteiger partial charge on any atom is 0.233 e. The van der Waals surface area contributed by atoms with E-state index in [2.05, 4.69) is 20.3 Å². The van der Waals surface area contributed by atoms with Crippen LogP contribution in [0.2, 0.25) is 0 Å². The van der Waals surface area contributed by atoms with Crippen LogP contribution in [0.5, 0.6) is 5.88 Å². The summed E-state index contributed by atoms with van der Waals surface area (Å²) in [6.45, 7) is 0.603. The molecule has 2 aromatic rings. The molecule has 2 aromatic heterocycles. The fourth-order valence-corrected chi connectivity index (χ4v) is 1.27. The molecule has 1 N–H and O–H groups in total. The van der Waals surface area contributed by atoms with Crippen LogP contribution in [-0.4, -0.2) is 26.6 Å². The molecule has 0 aliphatic rings. The average molecular weight is 219 g/mol. The minimum absolute atomic E-state index is 0.491. The van der Waals surface area contributed by atoms with Gasteiger partial charge in [-0.3, -0.25) is 4.98 Å². The number of nitrogens with one attached hydrogen (secondary N) is 1. The number of anilines is 1. The van der Waals surface area contributed by atoms with Crippen LogP contribution in [-0.2, 0) is 13.6 Å². The second kappa shape index (κ2) is 4.61. The Hall–Kier alpha value is -2.11. The molecule has 0 fully saturated rings. The first-order chi connectivity index (χ1) is 7.79. The van der Waals surface area contributed by atoms with Gasteiger partial charge in [0.1, 0.15) is 11.6 Å². The van der Waals surface area contributed by atoms with Gasteiger partial charge in [0, 0.05) is 19.4 Å².